The van der Waals surface area contributed by atoms with Gasteiger partial charge in [-0.1, -0.05) is 25.6 Å². The van der Waals surface area contributed by atoms with Crippen LogP contribution in [0.15, 0.2) is 47.2 Å². The van der Waals surface area contributed by atoms with Gasteiger partial charge in [-0.15, -0.1) is 5.73 Å². The number of ether oxygens (including phenoxy) is 1. The molecule has 319 valence electrons. The van der Waals surface area contributed by atoms with Crippen molar-refractivity contribution in [3.63, 3.8) is 0 Å². The van der Waals surface area contributed by atoms with Gasteiger partial charge < -0.3 is 61.1 Å². The Morgan fingerprint density at radius 2 is 1.88 bits per heavy atom. The minimum Gasteiger partial charge on any atom is -0.862 e. The Morgan fingerprint density at radius 3 is 2.53 bits per heavy atom. The summed E-state index contributed by atoms with van der Waals surface area (Å²) in [7, 11) is -16.4. The van der Waals surface area contributed by atoms with Crippen molar-refractivity contribution in [2.75, 3.05) is 37.8 Å². The van der Waals surface area contributed by atoms with Crippen LogP contribution in [0.5, 0.6) is 0 Å². The van der Waals surface area contributed by atoms with Gasteiger partial charge in [-0.05, 0) is 30.5 Å². The first-order chi connectivity index (χ1) is 26.1. The van der Waals surface area contributed by atoms with Crippen LogP contribution in [0.3, 0.4) is 0 Å². The van der Waals surface area contributed by atoms with Crippen LogP contribution in [0.2, 0.25) is 0 Å². The number of nitrogens with zero attached hydrogens (tertiary/aromatic N) is 5. The van der Waals surface area contributed by atoms with E-state index in [0.29, 0.717) is 12.0 Å². The summed E-state index contributed by atoms with van der Waals surface area (Å²) in [5.41, 5.74) is 7.70. The van der Waals surface area contributed by atoms with Gasteiger partial charge in [0.05, 0.1) is 19.5 Å². The number of aromatic nitrogens is 4. The van der Waals surface area contributed by atoms with Gasteiger partial charge in [0.2, 0.25) is 11.0 Å². The first-order valence-corrected chi connectivity index (χ1v) is 21.7. The van der Waals surface area contributed by atoms with Gasteiger partial charge in [0.15, 0.2) is 17.7 Å². The zero-order valence-corrected chi connectivity index (χ0v) is 39.7. The molecular weight excluding hydrogens is 1050 g/mol. The molecule has 1 aliphatic carbocycles. The van der Waals surface area contributed by atoms with Gasteiger partial charge in [-0.25, -0.2) is 28.6 Å². The Bertz CT molecular complexity index is 2040. The number of anilines is 1. The molecule has 11 N–H and O–H groups in total. The van der Waals surface area contributed by atoms with Crippen LogP contribution in [0, 0.1) is 5.41 Å². The molecule has 0 saturated carbocycles. The number of nitrogen functional groups attached to an aromatic ring is 1. The third-order valence-corrected chi connectivity index (χ3v) is 11.8. The summed E-state index contributed by atoms with van der Waals surface area (Å²) in [6, 6.07) is 0. The van der Waals surface area contributed by atoms with Crippen molar-refractivity contribution in [3.05, 3.63) is 42.2 Å². The van der Waals surface area contributed by atoms with E-state index in [1.807, 2.05) is 0 Å². The number of phosphoric ester groups is 3. The van der Waals surface area contributed by atoms with E-state index in [4.69, 9.17) is 19.5 Å². The minimum atomic E-state index is -5.57. The molecule has 25 nitrogen and oxygen atoms in total. The molecule has 0 spiro atoms. The Labute approximate surface area is 354 Å². The zero-order valence-electron chi connectivity index (χ0n) is 30.7. The van der Waals surface area contributed by atoms with E-state index in [1.54, 1.807) is 18.2 Å². The van der Waals surface area contributed by atoms with Crippen LogP contribution in [-0.2, 0) is 73.6 Å². The number of nitrogens with two attached hydrogens (primary N) is 1. The van der Waals surface area contributed by atoms with Crippen molar-refractivity contribution in [1.29, 1.82) is 0 Å². The molecule has 0 aromatic carbocycles. The van der Waals surface area contributed by atoms with Gasteiger partial charge >= 0.3 is 51.1 Å². The van der Waals surface area contributed by atoms with E-state index in [9.17, 15) is 58.2 Å². The Kier molecular flexibility index (Phi) is 19.7. The van der Waals surface area contributed by atoms with Gasteiger partial charge in [-0.2, -0.15) is 4.31 Å². The summed E-state index contributed by atoms with van der Waals surface area (Å²) < 4.78 is 62.1. The van der Waals surface area contributed by atoms with E-state index >= 15 is 0 Å². The van der Waals surface area contributed by atoms with Crippen LogP contribution < -0.4 is 16.2 Å². The van der Waals surface area contributed by atoms with Crippen LogP contribution in [0.25, 0.3) is 11.2 Å². The van der Waals surface area contributed by atoms with E-state index in [0.717, 1.165) is 29.0 Å². The Hall–Kier alpha value is -2.28. The van der Waals surface area contributed by atoms with Crippen LogP contribution in [0.1, 0.15) is 32.9 Å². The fraction of sp³-hybridized carbons (Fsp3) is 0.536. The van der Waals surface area contributed by atoms with Crippen molar-refractivity contribution < 1.29 is 114 Å². The maximum absolute atomic E-state index is 12.7. The number of aliphatic imine (C=N–C) groups is 1. The second kappa shape index (κ2) is 22.0. The number of aliphatic hydroxyl groups is 2. The number of rotatable bonds is 20. The largest absolute Gasteiger partial charge is 1.00 e. The number of imidazole rings is 1. The van der Waals surface area contributed by atoms with Crippen LogP contribution in [-0.4, -0.2) is 128 Å². The monoisotopic (exact) mass is 1090 g/mol. The summed E-state index contributed by atoms with van der Waals surface area (Å²) in [4.78, 5) is 79.4. The predicted octanol–water partition coefficient (Wildman–Crippen LogP) is -1.48. The molecule has 2 aromatic rings. The number of thioether (sulfide) groups is 1. The molecular formula is C28H41HgN7O18P3S. The van der Waals surface area contributed by atoms with E-state index in [2.05, 4.69) is 39.8 Å². The van der Waals surface area contributed by atoms with E-state index < -0.39 is 84.5 Å². The van der Waals surface area contributed by atoms with Crippen LogP contribution >= 0.6 is 35.2 Å². The van der Waals surface area contributed by atoms with Crippen molar-refractivity contribution in [1.82, 2.24) is 24.8 Å². The summed E-state index contributed by atoms with van der Waals surface area (Å²) >= 11 is 1.01. The number of hydrogen-bond acceptors (Lipinski definition) is 19. The number of fused-ring (bicyclic) bond motifs is 1. The summed E-state index contributed by atoms with van der Waals surface area (Å²) in [5.74, 6) is -1.35. The molecule has 2 aliphatic rings. The van der Waals surface area contributed by atoms with E-state index in [-0.39, 0.29) is 80.5 Å². The third-order valence-electron chi connectivity index (χ3n) is 7.76. The second-order valence-electron chi connectivity index (χ2n) is 12.6. The fourth-order valence-corrected chi connectivity index (χ4v) is 8.46. The maximum atomic E-state index is 12.7. The van der Waals surface area contributed by atoms with Crippen molar-refractivity contribution >= 4 is 69.1 Å². The summed E-state index contributed by atoms with van der Waals surface area (Å²) in [6.07, 6.45) is -1.53. The van der Waals surface area contributed by atoms with E-state index in [1.165, 1.54) is 13.8 Å². The number of hydrogen-bond donors (Lipinski definition) is 8. The van der Waals surface area contributed by atoms with Gasteiger partial charge in [0, 0.05) is 36.3 Å². The summed E-state index contributed by atoms with van der Waals surface area (Å²) in [5, 5.41) is 35.7. The molecule has 4 rings (SSSR count). The minimum absolute atomic E-state index is 0. The molecule has 30 heteroatoms. The molecule has 1 radical (unpaired) electrons. The molecule has 2 aromatic heterocycles. The maximum Gasteiger partial charge on any atom is 1.00 e. The normalized spacial score (nSPS) is 22.3. The fourth-order valence-electron chi connectivity index (χ4n) is 4.93. The molecule has 0 bridgehead atoms. The SMILES string of the molecule is CC(C)(COP(=O)(O)OP(=O)(O)OCC1OC(n2cnc3c(N)ncnc32)C(O)C1OP(=O)(O)O)C(O)C(=O)NCCC([O-])=NCCSC(=O)C1=CC=C=CC1.O.[Hg+]. The molecule has 1 fully saturated rings. The number of carbonyl (C=O) groups is 2. The number of carbonyl (C=O) groups excluding carboxylic acids is 2. The number of phosphoric acid groups is 3. The Morgan fingerprint density at radius 1 is 1.19 bits per heavy atom. The second-order valence-corrected chi connectivity index (χ2v) is 17.9. The molecule has 3 heterocycles. The number of nitrogens with one attached hydrogen (secondary N) is 1. The third kappa shape index (κ3) is 15.0. The molecule has 1 aliphatic heterocycles. The zero-order chi connectivity index (χ0) is 41.5. The number of amides is 1. The first kappa shape index (κ1) is 51.9. The first-order valence-electron chi connectivity index (χ1n) is 16.2. The smallest absolute Gasteiger partial charge is 0.862 e. The van der Waals surface area contributed by atoms with Gasteiger partial charge in [0.1, 0.15) is 36.3 Å². The van der Waals surface area contributed by atoms with Crippen molar-refractivity contribution in [2.45, 2.75) is 57.3 Å². The molecule has 7 unspecified atom stereocenters. The average molecular weight is 1090 g/mol. The molecule has 7 atom stereocenters. The Balaban J connectivity index is 0.00000580. The molecule has 1 saturated heterocycles. The van der Waals surface area contributed by atoms with Crippen molar-refractivity contribution in [2.24, 2.45) is 10.4 Å². The van der Waals surface area contributed by atoms with Gasteiger partial charge in [-0.3, -0.25) is 27.7 Å². The molecule has 1 amide bonds. The number of aliphatic hydroxyl groups excluding tert-OH is 2. The molecule has 58 heavy (non-hydrogen) atoms. The predicted molar refractivity (Wildman–Crippen MR) is 195 cm³/mol. The van der Waals surface area contributed by atoms with Gasteiger partial charge in [0.25, 0.3) is 0 Å². The average Bonchev–Trinajstić information content (AvgIpc) is 3.68. The van der Waals surface area contributed by atoms with Crippen LogP contribution in [0.4, 0.5) is 5.82 Å². The number of allylic oxidation sites excluding steroid dienone is 2. The summed E-state index contributed by atoms with van der Waals surface area (Å²) in [6.45, 7) is 0.281. The standard InChI is InChI=1S/C28H40N7O17P3S.Hg.H2O/c1-28(2,22(38)25(39)31-9-8-18(36)30-10-11-56-27(40)16-6-4-3-5-7-16)13-49-55(46,47)52-54(44,45)48-12-17-21(51-53(41,42)43)20(37)26(50-17)35-15-34-19-23(29)32-14-33-24(19)35;;/h4-6,14-15,17,20-22,26,37-38H,7-13H2,1-2H3,(H,30,36)(H,31,39)(H,44,45)(H,46,47)(H2,29,32,33)(H2,41,42,43);;1H2/q;+1;/p-1. The quantitative estimate of drug-likeness (QED) is 0.0187. The topological polar surface area (TPSA) is 401 Å². The van der Waals surface area contributed by atoms with Crippen molar-refractivity contribution in [3.8, 4) is 0 Å².